The van der Waals surface area contributed by atoms with Crippen molar-refractivity contribution in [3.8, 4) is 0 Å². The number of rotatable bonds is 8. The molecule has 1 aromatic heterocycles. The molecule has 1 atom stereocenters. The number of aromatic nitrogens is 1. The second-order valence-corrected chi connectivity index (χ2v) is 6.05. The maximum atomic E-state index is 11.8. The lowest BCUT2D eigenvalue weighted by atomic mass is 10.4. The summed E-state index contributed by atoms with van der Waals surface area (Å²) in [6.07, 6.45) is 2.16. The van der Waals surface area contributed by atoms with Crippen LogP contribution < -0.4 is 10.0 Å². The van der Waals surface area contributed by atoms with Gasteiger partial charge in [-0.25, -0.2) is 18.1 Å². The first-order chi connectivity index (χ1) is 8.44. The maximum absolute atomic E-state index is 11.8. The number of aryl methyl sites for hydroxylation is 1. The topological polar surface area (TPSA) is 84.2 Å². The highest BCUT2D eigenvalue weighted by molar-refractivity contribution is 7.89. The van der Waals surface area contributed by atoms with Gasteiger partial charge < -0.3 is 9.73 Å². The van der Waals surface area contributed by atoms with Crippen LogP contribution in [0.5, 0.6) is 0 Å². The van der Waals surface area contributed by atoms with Crippen molar-refractivity contribution < 1.29 is 12.8 Å². The van der Waals surface area contributed by atoms with Gasteiger partial charge in [-0.05, 0) is 33.4 Å². The number of oxazole rings is 1. The molecule has 1 heterocycles. The molecular weight excluding hydrogens is 254 g/mol. The number of hydrogen-bond acceptors (Lipinski definition) is 5. The Labute approximate surface area is 108 Å². The number of nitrogens with zero attached hydrogens (tertiary/aromatic N) is 1. The van der Waals surface area contributed by atoms with Crippen molar-refractivity contribution in [1.82, 2.24) is 15.0 Å². The van der Waals surface area contributed by atoms with Gasteiger partial charge in [0.25, 0.3) is 0 Å². The highest BCUT2D eigenvalue weighted by atomic mass is 32.2. The van der Waals surface area contributed by atoms with Crippen LogP contribution in [0.1, 0.15) is 38.0 Å². The fourth-order valence-electron chi connectivity index (χ4n) is 1.51. The first-order valence-electron chi connectivity index (χ1n) is 6.07. The molecule has 0 fully saturated rings. The molecule has 1 aromatic rings. The average Bonchev–Trinajstić information content (AvgIpc) is 2.71. The molecule has 0 bridgehead atoms. The van der Waals surface area contributed by atoms with Gasteiger partial charge in [0, 0.05) is 0 Å². The van der Waals surface area contributed by atoms with E-state index in [1.54, 1.807) is 20.0 Å². The maximum Gasteiger partial charge on any atom is 0.212 e. The molecule has 7 heteroatoms. The molecule has 0 amide bonds. The van der Waals surface area contributed by atoms with Crippen molar-refractivity contribution in [2.75, 3.05) is 18.8 Å². The van der Waals surface area contributed by atoms with E-state index in [1.165, 1.54) is 0 Å². The molecule has 6 nitrogen and oxygen atoms in total. The summed E-state index contributed by atoms with van der Waals surface area (Å²) in [5.74, 6) is 1.16. The Bertz CT molecular complexity index is 456. The molecule has 1 rings (SSSR count). The summed E-state index contributed by atoms with van der Waals surface area (Å²) in [5.41, 5.74) is 0. The molecule has 104 valence electrons. The quantitative estimate of drug-likeness (QED) is 0.690. The molecule has 0 saturated heterocycles. The summed E-state index contributed by atoms with van der Waals surface area (Å²) < 4.78 is 31.4. The highest BCUT2D eigenvalue weighted by Crippen LogP contribution is 2.13. The van der Waals surface area contributed by atoms with Gasteiger partial charge in [-0.2, -0.15) is 0 Å². The van der Waals surface area contributed by atoms with E-state index in [-0.39, 0.29) is 5.75 Å². The van der Waals surface area contributed by atoms with Gasteiger partial charge in [0.05, 0.1) is 18.0 Å². The van der Waals surface area contributed by atoms with Crippen LogP contribution in [0.2, 0.25) is 0 Å². The van der Waals surface area contributed by atoms with Crippen LogP contribution in [0.4, 0.5) is 0 Å². The van der Waals surface area contributed by atoms with Crippen LogP contribution in [0, 0.1) is 6.92 Å². The second-order valence-electron chi connectivity index (χ2n) is 4.17. The zero-order chi connectivity index (χ0) is 13.6. The molecule has 0 aliphatic rings. The lowest BCUT2D eigenvalue weighted by molar-refractivity contribution is 0.427. The third kappa shape index (κ3) is 5.16. The molecule has 0 aromatic carbocycles. The minimum absolute atomic E-state index is 0.101. The standard InChI is InChI=1S/C11H21N3O3S/c1-4-12-6-5-7-18(15,16)14-10(3)11-13-8-9(2)17-11/h8,10,12,14H,4-7H2,1-3H3. The van der Waals surface area contributed by atoms with Crippen molar-refractivity contribution in [2.24, 2.45) is 0 Å². The predicted octanol–water partition coefficient (Wildman–Crippen LogP) is 0.963. The van der Waals surface area contributed by atoms with Crippen LogP contribution in [-0.2, 0) is 10.0 Å². The Hall–Kier alpha value is -0.920. The molecule has 1 unspecified atom stereocenters. The third-order valence-electron chi connectivity index (χ3n) is 2.38. The van der Waals surface area contributed by atoms with Gasteiger partial charge >= 0.3 is 0 Å². The van der Waals surface area contributed by atoms with Crippen molar-refractivity contribution in [1.29, 1.82) is 0 Å². The van der Waals surface area contributed by atoms with E-state index >= 15 is 0 Å². The van der Waals surface area contributed by atoms with Gasteiger partial charge in [-0.15, -0.1) is 0 Å². The fraction of sp³-hybridized carbons (Fsp3) is 0.727. The van der Waals surface area contributed by atoms with Crippen LogP contribution in [0.15, 0.2) is 10.6 Å². The molecular formula is C11H21N3O3S. The summed E-state index contributed by atoms with van der Waals surface area (Å²) in [6.45, 7) is 7.02. The lowest BCUT2D eigenvalue weighted by Gasteiger charge is -2.11. The van der Waals surface area contributed by atoms with Crippen molar-refractivity contribution in [3.05, 3.63) is 17.8 Å². The fourth-order valence-corrected chi connectivity index (χ4v) is 2.80. The molecule has 0 spiro atoms. The Kier molecular flexibility index (Phi) is 5.77. The van der Waals surface area contributed by atoms with Crippen molar-refractivity contribution in [2.45, 2.75) is 33.2 Å². The van der Waals surface area contributed by atoms with Crippen molar-refractivity contribution >= 4 is 10.0 Å². The summed E-state index contributed by atoms with van der Waals surface area (Å²) in [5, 5.41) is 3.09. The predicted molar refractivity (Wildman–Crippen MR) is 69.7 cm³/mol. The van der Waals surface area contributed by atoms with E-state index in [0.29, 0.717) is 24.6 Å². The van der Waals surface area contributed by atoms with E-state index < -0.39 is 16.1 Å². The van der Waals surface area contributed by atoms with Gasteiger partial charge in [-0.3, -0.25) is 0 Å². The van der Waals surface area contributed by atoms with Gasteiger partial charge in [0.2, 0.25) is 15.9 Å². The molecule has 0 radical (unpaired) electrons. The van der Waals surface area contributed by atoms with Gasteiger partial charge in [0.15, 0.2) is 0 Å². The highest BCUT2D eigenvalue weighted by Gasteiger charge is 2.18. The SMILES string of the molecule is CCNCCCS(=O)(=O)NC(C)c1ncc(C)o1. The van der Waals surface area contributed by atoms with E-state index in [1.807, 2.05) is 6.92 Å². The first-order valence-corrected chi connectivity index (χ1v) is 7.73. The first kappa shape index (κ1) is 15.1. The zero-order valence-corrected chi connectivity index (χ0v) is 11.9. The van der Waals surface area contributed by atoms with E-state index in [9.17, 15) is 8.42 Å². The van der Waals surface area contributed by atoms with Crippen LogP contribution in [0.25, 0.3) is 0 Å². The largest absolute Gasteiger partial charge is 0.444 e. The van der Waals surface area contributed by atoms with Crippen LogP contribution in [0.3, 0.4) is 0 Å². The summed E-state index contributed by atoms with van der Waals surface area (Å²) >= 11 is 0. The summed E-state index contributed by atoms with van der Waals surface area (Å²) in [6, 6.07) is -0.442. The molecule has 0 saturated carbocycles. The Morgan fingerprint density at radius 1 is 1.50 bits per heavy atom. The third-order valence-corrected chi connectivity index (χ3v) is 3.92. The molecule has 0 aliphatic heterocycles. The summed E-state index contributed by atoms with van der Waals surface area (Å²) in [7, 11) is -3.29. The Morgan fingerprint density at radius 3 is 2.78 bits per heavy atom. The normalized spacial score (nSPS) is 13.7. The summed E-state index contributed by atoms with van der Waals surface area (Å²) in [4.78, 5) is 4.00. The van der Waals surface area contributed by atoms with Crippen molar-refractivity contribution in [3.63, 3.8) is 0 Å². The van der Waals surface area contributed by atoms with E-state index in [4.69, 9.17) is 4.42 Å². The smallest absolute Gasteiger partial charge is 0.212 e. The monoisotopic (exact) mass is 275 g/mol. The Balaban J connectivity index is 2.44. The molecule has 2 N–H and O–H groups in total. The molecule has 18 heavy (non-hydrogen) atoms. The van der Waals surface area contributed by atoms with Crippen LogP contribution in [-0.4, -0.2) is 32.2 Å². The van der Waals surface area contributed by atoms with Crippen LogP contribution >= 0.6 is 0 Å². The number of sulfonamides is 1. The second kappa shape index (κ2) is 6.86. The van der Waals surface area contributed by atoms with Gasteiger partial charge in [-0.1, -0.05) is 6.92 Å². The molecule has 0 aliphatic carbocycles. The number of nitrogens with one attached hydrogen (secondary N) is 2. The number of hydrogen-bond donors (Lipinski definition) is 2. The van der Waals surface area contributed by atoms with E-state index in [2.05, 4.69) is 15.0 Å². The zero-order valence-electron chi connectivity index (χ0n) is 11.1. The lowest BCUT2D eigenvalue weighted by Crippen LogP contribution is -2.30. The van der Waals surface area contributed by atoms with E-state index in [0.717, 1.165) is 6.54 Å². The average molecular weight is 275 g/mol. The minimum atomic E-state index is -3.29. The minimum Gasteiger partial charge on any atom is -0.444 e. The Morgan fingerprint density at radius 2 is 2.22 bits per heavy atom. The van der Waals surface area contributed by atoms with Gasteiger partial charge in [0.1, 0.15) is 5.76 Å².